The van der Waals surface area contributed by atoms with Crippen molar-refractivity contribution < 1.29 is 16.8 Å². The third kappa shape index (κ3) is 5.53. The molecule has 0 unspecified atom stereocenters. The summed E-state index contributed by atoms with van der Waals surface area (Å²) >= 11 is 0. The van der Waals surface area contributed by atoms with E-state index in [0.29, 0.717) is 6.42 Å². The summed E-state index contributed by atoms with van der Waals surface area (Å²) in [5.41, 5.74) is 2.22. The van der Waals surface area contributed by atoms with Crippen molar-refractivity contribution in [2.24, 2.45) is 0 Å². The van der Waals surface area contributed by atoms with Gasteiger partial charge in [0.05, 0.1) is 9.79 Å². The van der Waals surface area contributed by atoms with Crippen molar-refractivity contribution in [1.29, 1.82) is 0 Å². The zero-order valence-corrected chi connectivity index (χ0v) is 17.7. The number of sulfonamides is 1. The molecular formula is C22H23NO4S2. The predicted octanol–water partition coefficient (Wildman–Crippen LogP) is 3.59. The van der Waals surface area contributed by atoms with Crippen LogP contribution in [0.25, 0.3) is 0 Å². The summed E-state index contributed by atoms with van der Waals surface area (Å²) in [6, 6.07) is 25.3. The van der Waals surface area contributed by atoms with Crippen molar-refractivity contribution in [2.45, 2.75) is 22.1 Å². The third-order valence-corrected chi connectivity index (χ3v) is 7.24. The Labute approximate surface area is 172 Å². The van der Waals surface area contributed by atoms with Gasteiger partial charge >= 0.3 is 0 Å². The first-order valence-electron chi connectivity index (χ1n) is 9.17. The molecule has 0 amide bonds. The van der Waals surface area contributed by atoms with Crippen LogP contribution < -0.4 is 4.72 Å². The maximum absolute atomic E-state index is 12.7. The molecule has 3 aromatic carbocycles. The van der Waals surface area contributed by atoms with Gasteiger partial charge in [0, 0.05) is 18.7 Å². The molecule has 0 saturated carbocycles. The van der Waals surface area contributed by atoms with Crippen LogP contribution in [-0.4, -0.2) is 29.6 Å². The van der Waals surface area contributed by atoms with Gasteiger partial charge in [-0.1, -0.05) is 66.7 Å². The Hall–Kier alpha value is -2.48. The lowest BCUT2D eigenvalue weighted by atomic mass is 9.89. The SMILES string of the molecule is CS(=O)(=O)c1cccc(S(=O)(=O)NCCC(c2ccccc2)c2ccccc2)c1. The van der Waals surface area contributed by atoms with Gasteiger partial charge in [-0.3, -0.25) is 0 Å². The number of benzene rings is 3. The van der Waals surface area contributed by atoms with E-state index in [1.165, 1.54) is 24.3 Å². The van der Waals surface area contributed by atoms with Gasteiger partial charge in [-0.25, -0.2) is 21.6 Å². The molecule has 3 aromatic rings. The average Bonchev–Trinajstić information content (AvgIpc) is 2.72. The summed E-state index contributed by atoms with van der Waals surface area (Å²) in [5, 5.41) is 0. The van der Waals surface area contributed by atoms with Gasteiger partial charge in [-0.15, -0.1) is 0 Å². The molecule has 0 aliphatic carbocycles. The van der Waals surface area contributed by atoms with Crippen LogP contribution in [0.3, 0.4) is 0 Å². The summed E-state index contributed by atoms with van der Waals surface area (Å²) in [6.07, 6.45) is 1.62. The van der Waals surface area contributed by atoms with E-state index in [0.717, 1.165) is 17.4 Å². The van der Waals surface area contributed by atoms with E-state index < -0.39 is 19.9 Å². The van der Waals surface area contributed by atoms with Crippen LogP contribution in [0.5, 0.6) is 0 Å². The fraction of sp³-hybridized carbons (Fsp3) is 0.182. The van der Waals surface area contributed by atoms with Crippen LogP contribution in [-0.2, 0) is 19.9 Å². The zero-order valence-electron chi connectivity index (χ0n) is 16.0. The second-order valence-corrected chi connectivity index (χ2v) is 10.6. The Bertz CT molecular complexity index is 1120. The van der Waals surface area contributed by atoms with Crippen molar-refractivity contribution in [3.05, 3.63) is 96.1 Å². The molecule has 0 spiro atoms. The number of hydrogen-bond acceptors (Lipinski definition) is 4. The maximum Gasteiger partial charge on any atom is 0.240 e. The molecule has 29 heavy (non-hydrogen) atoms. The van der Waals surface area contributed by atoms with Gasteiger partial charge in [-0.05, 0) is 35.7 Å². The lowest BCUT2D eigenvalue weighted by Crippen LogP contribution is -2.26. The molecule has 0 aromatic heterocycles. The van der Waals surface area contributed by atoms with E-state index in [-0.39, 0.29) is 22.3 Å². The third-order valence-electron chi connectivity index (χ3n) is 4.67. The Morgan fingerprint density at radius 3 is 1.76 bits per heavy atom. The normalized spacial score (nSPS) is 12.2. The second kappa shape index (κ2) is 8.90. The number of sulfone groups is 1. The lowest BCUT2D eigenvalue weighted by molar-refractivity contribution is 0.575. The van der Waals surface area contributed by atoms with Crippen LogP contribution in [0.4, 0.5) is 0 Å². The second-order valence-electron chi connectivity index (χ2n) is 6.81. The van der Waals surface area contributed by atoms with Crippen molar-refractivity contribution >= 4 is 19.9 Å². The molecule has 152 valence electrons. The van der Waals surface area contributed by atoms with E-state index in [1.54, 1.807) is 0 Å². The molecule has 0 fully saturated rings. The minimum atomic E-state index is -3.82. The van der Waals surface area contributed by atoms with Crippen LogP contribution in [0, 0.1) is 0 Å². The number of rotatable bonds is 8. The fourth-order valence-electron chi connectivity index (χ4n) is 3.19. The summed E-state index contributed by atoms with van der Waals surface area (Å²) < 4.78 is 51.3. The summed E-state index contributed by atoms with van der Waals surface area (Å²) in [5.74, 6) is 0.0439. The number of hydrogen-bond donors (Lipinski definition) is 1. The first-order valence-corrected chi connectivity index (χ1v) is 12.5. The van der Waals surface area contributed by atoms with Crippen molar-refractivity contribution in [1.82, 2.24) is 4.72 Å². The summed E-state index contributed by atoms with van der Waals surface area (Å²) in [4.78, 5) is -0.0804. The minimum Gasteiger partial charge on any atom is -0.224 e. The Kier molecular flexibility index (Phi) is 6.52. The molecule has 0 saturated heterocycles. The van der Waals surface area contributed by atoms with Crippen LogP contribution in [0.15, 0.2) is 94.7 Å². The van der Waals surface area contributed by atoms with Crippen LogP contribution in [0.2, 0.25) is 0 Å². The molecule has 7 heteroatoms. The van der Waals surface area contributed by atoms with Gasteiger partial charge in [-0.2, -0.15) is 0 Å². The van der Waals surface area contributed by atoms with E-state index in [1.807, 2.05) is 60.7 Å². The summed E-state index contributed by atoms with van der Waals surface area (Å²) in [6.45, 7) is 0.222. The van der Waals surface area contributed by atoms with Crippen molar-refractivity contribution in [3.63, 3.8) is 0 Å². The topological polar surface area (TPSA) is 80.3 Å². The molecule has 0 atom stereocenters. The molecule has 0 radical (unpaired) electrons. The summed E-state index contributed by atoms with van der Waals surface area (Å²) in [7, 11) is -7.30. The molecular weight excluding hydrogens is 406 g/mol. The zero-order chi connectivity index (χ0) is 20.9. The molecule has 3 rings (SSSR count). The first kappa shape index (κ1) is 21.2. The van der Waals surface area contributed by atoms with E-state index >= 15 is 0 Å². The Balaban J connectivity index is 1.77. The number of nitrogens with one attached hydrogen (secondary N) is 1. The minimum absolute atomic E-state index is 0.0215. The average molecular weight is 430 g/mol. The highest BCUT2D eigenvalue weighted by Gasteiger charge is 2.19. The maximum atomic E-state index is 12.7. The lowest BCUT2D eigenvalue weighted by Gasteiger charge is -2.18. The van der Waals surface area contributed by atoms with Gasteiger partial charge in [0.2, 0.25) is 10.0 Å². The van der Waals surface area contributed by atoms with Crippen molar-refractivity contribution in [2.75, 3.05) is 12.8 Å². The molecule has 0 heterocycles. The predicted molar refractivity (Wildman–Crippen MR) is 114 cm³/mol. The molecule has 1 N–H and O–H groups in total. The van der Waals surface area contributed by atoms with Crippen molar-refractivity contribution in [3.8, 4) is 0 Å². The monoisotopic (exact) mass is 429 g/mol. The first-order chi connectivity index (χ1) is 13.8. The molecule has 0 bridgehead atoms. The Morgan fingerprint density at radius 1 is 0.724 bits per heavy atom. The Morgan fingerprint density at radius 2 is 1.24 bits per heavy atom. The van der Waals surface area contributed by atoms with E-state index in [4.69, 9.17) is 0 Å². The highest BCUT2D eigenvalue weighted by Crippen LogP contribution is 2.27. The molecule has 0 aliphatic heterocycles. The van der Waals surface area contributed by atoms with Gasteiger partial charge in [0.15, 0.2) is 9.84 Å². The van der Waals surface area contributed by atoms with E-state index in [9.17, 15) is 16.8 Å². The highest BCUT2D eigenvalue weighted by atomic mass is 32.2. The van der Waals surface area contributed by atoms with Crippen LogP contribution >= 0.6 is 0 Å². The highest BCUT2D eigenvalue weighted by molar-refractivity contribution is 7.91. The van der Waals surface area contributed by atoms with Gasteiger partial charge in [0.1, 0.15) is 0 Å². The quantitative estimate of drug-likeness (QED) is 0.593. The largest absolute Gasteiger partial charge is 0.240 e. The standard InChI is InChI=1S/C22H23NO4S2/c1-28(24,25)20-13-8-14-21(17-20)29(26,27)23-16-15-22(18-9-4-2-5-10-18)19-11-6-3-7-12-19/h2-14,17,22-23H,15-16H2,1H3. The van der Waals surface area contributed by atoms with E-state index in [2.05, 4.69) is 4.72 Å². The molecule has 5 nitrogen and oxygen atoms in total. The van der Waals surface area contributed by atoms with Gasteiger partial charge < -0.3 is 0 Å². The van der Waals surface area contributed by atoms with Crippen LogP contribution in [0.1, 0.15) is 23.5 Å². The fourth-order valence-corrected chi connectivity index (χ4v) is 5.02. The van der Waals surface area contributed by atoms with Gasteiger partial charge in [0.25, 0.3) is 0 Å². The smallest absolute Gasteiger partial charge is 0.224 e. The molecule has 0 aliphatic rings.